The van der Waals surface area contributed by atoms with Gasteiger partial charge in [-0.2, -0.15) is 0 Å². The summed E-state index contributed by atoms with van der Waals surface area (Å²) in [4.78, 5) is 8.74. The van der Waals surface area contributed by atoms with Gasteiger partial charge in [0.1, 0.15) is 10.7 Å². The number of aryl methyl sites for hydroxylation is 1. The molecule has 18 heavy (non-hydrogen) atoms. The monoisotopic (exact) mass is 278 g/mol. The fraction of sp³-hybridized carbons (Fsp3) is 0.0833. The summed E-state index contributed by atoms with van der Waals surface area (Å²) in [5, 5.41) is 3.75. The van der Waals surface area contributed by atoms with Crippen LogP contribution in [-0.2, 0) is 0 Å². The van der Waals surface area contributed by atoms with E-state index in [9.17, 15) is 0 Å². The lowest BCUT2D eigenvalue weighted by molar-refractivity contribution is 1.09. The van der Waals surface area contributed by atoms with E-state index >= 15 is 0 Å². The first-order chi connectivity index (χ1) is 8.54. The van der Waals surface area contributed by atoms with Crippen LogP contribution in [-0.4, -0.2) is 15.0 Å². The van der Waals surface area contributed by atoms with E-state index in [-0.39, 0.29) is 4.99 Å². The smallest absolute Gasteiger partial charge is 0.228 e. The second kappa shape index (κ2) is 5.29. The van der Waals surface area contributed by atoms with E-state index in [4.69, 9.17) is 29.6 Å². The molecule has 0 aliphatic rings. The second-order valence-electron chi connectivity index (χ2n) is 3.71. The molecular weight excluding hydrogens is 268 g/mol. The highest BCUT2D eigenvalue weighted by molar-refractivity contribution is 7.80. The first kappa shape index (κ1) is 12.7. The Bertz CT molecular complexity index is 583. The fourth-order valence-corrected chi connectivity index (χ4v) is 1.64. The number of hydrogen-bond acceptors (Lipinski definition) is 4. The molecule has 0 amide bonds. The third-order valence-electron chi connectivity index (χ3n) is 2.21. The lowest BCUT2D eigenvalue weighted by Gasteiger charge is -2.07. The van der Waals surface area contributed by atoms with Crippen molar-refractivity contribution in [2.45, 2.75) is 6.92 Å². The summed E-state index contributed by atoms with van der Waals surface area (Å²) >= 11 is 10.7. The van der Waals surface area contributed by atoms with Crippen molar-refractivity contribution in [2.24, 2.45) is 5.73 Å². The third-order valence-corrected chi connectivity index (χ3v) is 2.67. The zero-order valence-corrected chi connectivity index (χ0v) is 11.2. The minimum absolute atomic E-state index is 0.250. The van der Waals surface area contributed by atoms with Crippen molar-refractivity contribution in [3.8, 4) is 0 Å². The predicted molar refractivity (Wildman–Crippen MR) is 77.4 cm³/mol. The molecule has 0 aliphatic heterocycles. The average Bonchev–Trinajstić information content (AvgIpc) is 2.31. The van der Waals surface area contributed by atoms with Gasteiger partial charge in [-0.25, -0.2) is 9.97 Å². The molecule has 0 aliphatic carbocycles. The van der Waals surface area contributed by atoms with E-state index in [1.165, 1.54) is 0 Å². The maximum atomic E-state index is 5.81. The quantitative estimate of drug-likeness (QED) is 0.845. The van der Waals surface area contributed by atoms with Crippen LogP contribution in [0.4, 0.5) is 11.6 Å². The van der Waals surface area contributed by atoms with Gasteiger partial charge in [0.2, 0.25) is 5.95 Å². The van der Waals surface area contributed by atoms with E-state index < -0.39 is 0 Å². The molecule has 0 saturated carbocycles. The molecule has 0 radical (unpaired) electrons. The Morgan fingerprint density at radius 1 is 1.28 bits per heavy atom. The van der Waals surface area contributed by atoms with Gasteiger partial charge < -0.3 is 11.1 Å². The molecule has 6 heteroatoms. The Balaban J connectivity index is 2.28. The summed E-state index contributed by atoms with van der Waals surface area (Å²) in [6.07, 6.45) is 0. The number of benzene rings is 1. The standard InChI is InChI=1S/C12H11ClN4S/c1-7-6-10(11(14)18)17-12(15-7)16-9-4-2-8(13)3-5-9/h2-6H,1H3,(H2,14,18)(H,15,16,17). The van der Waals surface area contributed by atoms with Crippen LogP contribution in [0, 0.1) is 6.92 Å². The minimum atomic E-state index is 0.250. The van der Waals surface area contributed by atoms with Gasteiger partial charge in [-0.1, -0.05) is 23.8 Å². The maximum absolute atomic E-state index is 5.81. The zero-order valence-electron chi connectivity index (χ0n) is 9.64. The molecule has 0 unspecified atom stereocenters. The summed E-state index contributed by atoms with van der Waals surface area (Å²) in [5.41, 5.74) is 7.75. The van der Waals surface area contributed by atoms with Crippen molar-refractivity contribution in [1.29, 1.82) is 0 Å². The first-order valence-corrected chi connectivity index (χ1v) is 6.01. The van der Waals surface area contributed by atoms with Crippen LogP contribution < -0.4 is 11.1 Å². The van der Waals surface area contributed by atoms with Crippen molar-refractivity contribution in [2.75, 3.05) is 5.32 Å². The van der Waals surface area contributed by atoms with E-state index in [0.717, 1.165) is 11.4 Å². The lowest BCUT2D eigenvalue weighted by atomic mass is 10.3. The summed E-state index contributed by atoms with van der Waals surface area (Å²) in [6.45, 7) is 1.86. The normalized spacial score (nSPS) is 10.1. The summed E-state index contributed by atoms with van der Waals surface area (Å²) < 4.78 is 0. The number of hydrogen-bond donors (Lipinski definition) is 2. The van der Waals surface area contributed by atoms with Crippen LogP contribution in [0.2, 0.25) is 5.02 Å². The van der Waals surface area contributed by atoms with Crippen LogP contribution >= 0.6 is 23.8 Å². The van der Waals surface area contributed by atoms with Gasteiger partial charge in [0.05, 0.1) is 0 Å². The van der Waals surface area contributed by atoms with Gasteiger partial charge >= 0.3 is 0 Å². The van der Waals surface area contributed by atoms with Crippen molar-refractivity contribution in [3.63, 3.8) is 0 Å². The van der Waals surface area contributed by atoms with Gasteiger partial charge in [0.15, 0.2) is 0 Å². The number of halogens is 1. The molecule has 0 fully saturated rings. The Hall–Kier alpha value is -1.72. The van der Waals surface area contributed by atoms with Crippen LogP contribution in [0.1, 0.15) is 11.4 Å². The molecule has 1 heterocycles. The van der Waals surface area contributed by atoms with E-state index in [1.54, 1.807) is 18.2 Å². The molecule has 2 rings (SSSR count). The van der Waals surface area contributed by atoms with Crippen LogP contribution in [0.5, 0.6) is 0 Å². The maximum Gasteiger partial charge on any atom is 0.228 e. The zero-order chi connectivity index (χ0) is 13.1. The third kappa shape index (κ3) is 3.15. The molecule has 92 valence electrons. The molecule has 0 spiro atoms. The minimum Gasteiger partial charge on any atom is -0.388 e. The number of rotatable bonds is 3. The highest BCUT2D eigenvalue weighted by Gasteiger charge is 2.04. The van der Waals surface area contributed by atoms with Crippen molar-refractivity contribution < 1.29 is 0 Å². The first-order valence-electron chi connectivity index (χ1n) is 5.22. The molecular formula is C12H11ClN4S. The van der Waals surface area contributed by atoms with Crippen LogP contribution in [0.3, 0.4) is 0 Å². The number of nitrogens with zero attached hydrogens (tertiary/aromatic N) is 2. The fourth-order valence-electron chi connectivity index (χ4n) is 1.41. The highest BCUT2D eigenvalue weighted by atomic mass is 35.5. The van der Waals surface area contributed by atoms with Gasteiger partial charge in [-0.05, 0) is 37.3 Å². The molecule has 2 aromatic rings. The Labute approximate surface area is 115 Å². The highest BCUT2D eigenvalue weighted by Crippen LogP contribution is 2.17. The molecule has 0 atom stereocenters. The summed E-state index contributed by atoms with van der Waals surface area (Å²) in [7, 11) is 0. The largest absolute Gasteiger partial charge is 0.388 e. The van der Waals surface area contributed by atoms with E-state index in [2.05, 4.69) is 15.3 Å². The van der Waals surface area contributed by atoms with Crippen LogP contribution in [0.15, 0.2) is 30.3 Å². The molecule has 1 aromatic carbocycles. The van der Waals surface area contributed by atoms with Gasteiger partial charge in [0.25, 0.3) is 0 Å². The molecule has 4 nitrogen and oxygen atoms in total. The van der Waals surface area contributed by atoms with Gasteiger partial charge in [-0.15, -0.1) is 0 Å². The van der Waals surface area contributed by atoms with E-state index in [0.29, 0.717) is 16.7 Å². The van der Waals surface area contributed by atoms with Crippen molar-refractivity contribution >= 4 is 40.4 Å². The van der Waals surface area contributed by atoms with Gasteiger partial charge in [0, 0.05) is 16.4 Å². The summed E-state index contributed by atoms with van der Waals surface area (Å²) in [5.74, 6) is 0.458. The topological polar surface area (TPSA) is 63.8 Å². The van der Waals surface area contributed by atoms with E-state index in [1.807, 2.05) is 19.1 Å². The molecule has 0 saturated heterocycles. The lowest BCUT2D eigenvalue weighted by Crippen LogP contribution is -2.13. The van der Waals surface area contributed by atoms with Gasteiger partial charge in [-0.3, -0.25) is 0 Å². The van der Waals surface area contributed by atoms with Crippen molar-refractivity contribution in [1.82, 2.24) is 9.97 Å². The number of anilines is 2. The number of thiocarbonyl (C=S) groups is 1. The summed E-state index contributed by atoms with van der Waals surface area (Å²) in [6, 6.07) is 9.00. The van der Waals surface area contributed by atoms with Crippen molar-refractivity contribution in [3.05, 3.63) is 46.7 Å². The molecule has 3 N–H and O–H groups in total. The Morgan fingerprint density at radius 2 is 1.94 bits per heavy atom. The Morgan fingerprint density at radius 3 is 2.56 bits per heavy atom. The second-order valence-corrected chi connectivity index (χ2v) is 4.59. The van der Waals surface area contributed by atoms with Crippen LogP contribution in [0.25, 0.3) is 0 Å². The molecule has 1 aromatic heterocycles. The SMILES string of the molecule is Cc1cc(C(N)=S)nc(Nc2ccc(Cl)cc2)n1. The number of nitrogens with two attached hydrogens (primary N) is 1. The molecule has 0 bridgehead atoms. The number of nitrogens with one attached hydrogen (secondary N) is 1. The average molecular weight is 279 g/mol. The number of aromatic nitrogens is 2. The predicted octanol–water partition coefficient (Wildman–Crippen LogP) is 2.82. The Kier molecular flexibility index (Phi) is 3.74.